The fraction of sp³-hybridized carbons (Fsp3) is 0.600. The summed E-state index contributed by atoms with van der Waals surface area (Å²) in [7, 11) is 0. The summed E-state index contributed by atoms with van der Waals surface area (Å²) < 4.78 is 0. The summed E-state index contributed by atoms with van der Waals surface area (Å²) in [4.78, 5) is 16.4. The van der Waals surface area contributed by atoms with Crippen molar-refractivity contribution in [1.82, 2.24) is 4.98 Å². The van der Waals surface area contributed by atoms with Crippen molar-refractivity contribution in [1.29, 1.82) is 0 Å². The van der Waals surface area contributed by atoms with Gasteiger partial charge in [-0.25, -0.2) is 4.98 Å². The zero-order chi connectivity index (χ0) is 13.7. The minimum absolute atomic E-state index is 0. The van der Waals surface area contributed by atoms with E-state index in [0.29, 0.717) is 18.8 Å². The number of halogens is 2. The van der Waals surface area contributed by atoms with Crippen molar-refractivity contribution in [3.63, 3.8) is 0 Å². The SMILES string of the molecule is Cc1cccc(NC(=O)CC2(CN)CCCCC2)n1.Cl.Cl. The molecular formula is C15H25Cl2N3O. The van der Waals surface area contributed by atoms with Crippen LogP contribution in [0.3, 0.4) is 0 Å². The number of nitrogens with zero attached hydrogens (tertiary/aromatic N) is 1. The summed E-state index contributed by atoms with van der Waals surface area (Å²) in [5.74, 6) is 0.665. The van der Waals surface area contributed by atoms with E-state index in [1.165, 1.54) is 19.3 Å². The molecule has 1 amide bonds. The van der Waals surface area contributed by atoms with Gasteiger partial charge in [-0.1, -0.05) is 25.3 Å². The zero-order valence-corrected chi connectivity index (χ0v) is 14.1. The summed E-state index contributed by atoms with van der Waals surface area (Å²) in [5.41, 5.74) is 6.82. The molecule has 6 heteroatoms. The lowest BCUT2D eigenvalue weighted by Crippen LogP contribution is -2.36. The highest BCUT2D eigenvalue weighted by Crippen LogP contribution is 2.38. The summed E-state index contributed by atoms with van der Waals surface area (Å²) >= 11 is 0. The number of pyridine rings is 1. The molecule has 1 aliphatic rings. The van der Waals surface area contributed by atoms with Crippen molar-refractivity contribution in [2.75, 3.05) is 11.9 Å². The van der Waals surface area contributed by atoms with Crippen LogP contribution in [0.2, 0.25) is 0 Å². The van der Waals surface area contributed by atoms with Crippen molar-refractivity contribution in [2.45, 2.75) is 45.4 Å². The lowest BCUT2D eigenvalue weighted by atomic mass is 9.71. The lowest BCUT2D eigenvalue weighted by molar-refractivity contribution is -0.118. The number of nitrogens with two attached hydrogens (primary N) is 1. The van der Waals surface area contributed by atoms with E-state index in [0.717, 1.165) is 18.5 Å². The minimum atomic E-state index is 0. The van der Waals surface area contributed by atoms with E-state index in [9.17, 15) is 4.79 Å². The van der Waals surface area contributed by atoms with Gasteiger partial charge in [-0.3, -0.25) is 4.79 Å². The first-order valence-corrected chi connectivity index (χ1v) is 7.07. The van der Waals surface area contributed by atoms with Crippen LogP contribution in [0, 0.1) is 12.3 Å². The summed E-state index contributed by atoms with van der Waals surface area (Å²) in [6.07, 6.45) is 6.29. The number of rotatable bonds is 4. The number of aryl methyl sites for hydroxylation is 1. The smallest absolute Gasteiger partial charge is 0.226 e. The lowest BCUT2D eigenvalue weighted by Gasteiger charge is -2.35. The molecule has 21 heavy (non-hydrogen) atoms. The van der Waals surface area contributed by atoms with Crippen LogP contribution in [0.5, 0.6) is 0 Å². The van der Waals surface area contributed by atoms with Crippen molar-refractivity contribution >= 4 is 36.5 Å². The van der Waals surface area contributed by atoms with Crippen LogP contribution in [0.1, 0.15) is 44.2 Å². The molecule has 0 aromatic carbocycles. The molecule has 1 aromatic heterocycles. The van der Waals surface area contributed by atoms with Gasteiger partial charge in [-0.15, -0.1) is 24.8 Å². The predicted molar refractivity (Wildman–Crippen MR) is 91.3 cm³/mol. The molecule has 0 radical (unpaired) electrons. The van der Waals surface area contributed by atoms with Gasteiger partial charge in [0.2, 0.25) is 5.91 Å². The third kappa shape index (κ3) is 5.81. The molecule has 1 heterocycles. The van der Waals surface area contributed by atoms with Gasteiger partial charge < -0.3 is 11.1 Å². The molecule has 0 unspecified atom stereocenters. The number of anilines is 1. The highest BCUT2D eigenvalue weighted by Gasteiger charge is 2.32. The van der Waals surface area contributed by atoms with Crippen LogP contribution in [-0.4, -0.2) is 17.4 Å². The van der Waals surface area contributed by atoms with E-state index in [1.807, 2.05) is 25.1 Å². The fourth-order valence-electron chi connectivity index (χ4n) is 2.90. The van der Waals surface area contributed by atoms with Gasteiger partial charge in [0.25, 0.3) is 0 Å². The first-order chi connectivity index (χ1) is 9.13. The Kier molecular flexibility index (Phi) is 8.86. The maximum absolute atomic E-state index is 12.1. The number of carbonyl (C=O) groups excluding carboxylic acids is 1. The molecule has 0 atom stereocenters. The van der Waals surface area contributed by atoms with Gasteiger partial charge in [-0.2, -0.15) is 0 Å². The van der Waals surface area contributed by atoms with E-state index in [4.69, 9.17) is 5.73 Å². The molecule has 2 rings (SSSR count). The quantitative estimate of drug-likeness (QED) is 0.886. The molecule has 1 aliphatic carbocycles. The van der Waals surface area contributed by atoms with Crippen molar-refractivity contribution in [3.05, 3.63) is 23.9 Å². The molecular weight excluding hydrogens is 309 g/mol. The number of aromatic nitrogens is 1. The van der Waals surface area contributed by atoms with Crippen LogP contribution >= 0.6 is 24.8 Å². The van der Waals surface area contributed by atoms with Gasteiger partial charge in [0.05, 0.1) is 0 Å². The van der Waals surface area contributed by atoms with E-state index in [-0.39, 0.29) is 36.1 Å². The van der Waals surface area contributed by atoms with Crippen molar-refractivity contribution < 1.29 is 4.79 Å². The Hall–Kier alpha value is -0.840. The number of amides is 1. The Morgan fingerprint density at radius 2 is 1.95 bits per heavy atom. The first-order valence-electron chi connectivity index (χ1n) is 7.07. The molecule has 1 saturated carbocycles. The van der Waals surface area contributed by atoms with E-state index in [2.05, 4.69) is 10.3 Å². The van der Waals surface area contributed by atoms with Gasteiger partial charge in [0.1, 0.15) is 5.82 Å². The number of nitrogens with one attached hydrogen (secondary N) is 1. The first kappa shape index (κ1) is 20.2. The number of carbonyl (C=O) groups is 1. The van der Waals surface area contributed by atoms with Crippen molar-refractivity contribution in [3.8, 4) is 0 Å². The third-order valence-electron chi connectivity index (χ3n) is 4.04. The van der Waals surface area contributed by atoms with E-state index in [1.54, 1.807) is 0 Å². The second-order valence-electron chi connectivity index (χ2n) is 5.65. The Labute approximate surface area is 139 Å². The van der Waals surface area contributed by atoms with Crippen LogP contribution in [0.4, 0.5) is 5.82 Å². The van der Waals surface area contributed by atoms with Crippen molar-refractivity contribution in [2.24, 2.45) is 11.1 Å². The zero-order valence-electron chi connectivity index (χ0n) is 12.4. The van der Waals surface area contributed by atoms with Gasteiger partial charge >= 0.3 is 0 Å². The summed E-state index contributed by atoms with van der Waals surface area (Å²) in [5, 5.41) is 2.88. The standard InChI is InChI=1S/C15H23N3O.2ClH/c1-12-6-5-7-13(17-12)18-14(19)10-15(11-16)8-3-2-4-9-15;;/h5-7H,2-4,8-11,16H2,1H3,(H,17,18,19);2*1H. The molecule has 0 saturated heterocycles. The molecule has 0 aliphatic heterocycles. The maximum Gasteiger partial charge on any atom is 0.226 e. The molecule has 1 aromatic rings. The molecule has 0 bridgehead atoms. The summed E-state index contributed by atoms with van der Waals surface area (Å²) in [6.45, 7) is 2.51. The summed E-state index contributed by atoms with van der Waals surface area (Å²) in [6, 6.07) is 5.64. The third-order valence-corrected chi connectivity index (χ3v) is 4.04. The van der Waals surface area contributed by atoms with Crippen LogP contribution < -0.4 is 11.1 Å². The maximum atomic E-state index is 12.1. The van der Waals surface area contributed by atoms with E-state index < -0.39 is 0 Å². The average Bonchev–Trinajstić information content (AvgIpc) is 2.39. The highest BCUT2D eigenvalue weighted by molar-refractivity contribution is 5.90. The Morgan fingerprint density at radius 3 is 2.52 bits per heavy atom. The fourth-order valence-corrected chi connectivity index (χ4v) is 2.90. The van der Waals surface area contributed by atoms with Crippen LogP contribution in [0.25, 0.3) is 0 Å². The molecule has 1 fully saturated rings. The van der Waals surface area contributed by atoms with Crippen LogP contribution in [0.15, 0.2) is 18.2 Å². The molecule has 3 N–H and O–H groups in total. The van der Waals surface area contributed by atoms with Gasteiger partial charge in [-0.05, 0) is 43.9 Å². The monoisotopic (exact) mass is 333 g/mol. The van der Waals surface area contributed by atoms with Crippen LogP contribution in [-0.2, 0) is 4.79 Å². The molecule has 120 valence electrons. The molecule has 4 nitrogen and oxygen atoms in total. The van der Waals surface area contributed by atoms with Gasteiger partial charge in [0, 0.05) is 12.1 Å². The Balaban J connectivity index is 0.00000200. The average molecular weight is 334 g/mol. The minimum Gasteiger partial charge on any atom is -0.330 e. The second-order valence-corrected chi connectivity index (χ2v) is 5.65. The Morgan fingerprint density at radius 1 is 1.29 bits per heavy atom. The van der Waals surface area contributed by atoms with E-state index >= 15 is 0 Å². The normalized spacial score (nSPS) is 16.3. The Bertz CT molecular complexity index is 448. The predicted octanol–water partition coefficient (Wildman–Crippen LogP) is 3.47. The van der Waals surface area contributed by atoms with Gasteiger partial charge in [0.15, 0.2) is 0 Å². The number of hydrogen-bond acceptors (Lipinski definition) is 3. The second kappa shape index (κ2) is 9.23. The molecule has 0 spiro atoms. The highest BCUT2D eigenvalue weighted by atomic mass is 35.5. The topological polar surface area (TPSA) is 68.0 Å². The largest absolute Gasteiger partial charge is 0.330 e. The number of hydrogen-bond donors (Lipinski definition) is 2.